The van der Waals surface area contributed by atoms with Gasteiger partial charge in [-0.25, -0.2) is 4.79 Å². The third-order valence-corrected chi connectivity index (χ3v) is 7.65. The van der Waals surface area contributed by atoms with E-state index in [0.29, 0.717) is 21.8 Å². The number of carbonyl (C=O) groups is 3. The van der Waals surface area contributed by atoms with Gasteiger partial charge in [0.05, 0.1) is 12.5 Å². The number of benzene rings is 3. The Balaban J connectivity index is 1.67. The number of hydrogen-bond acceptors (Lipinski definition) is 5. The number of amides is 1. The minimum Gasteiger partial charge on any atom is -0.481 e. The van der Waals surface area contributed by atoms with Crippen molar-refractivity contribution in [2.75, 3.05) is 11.9 Å². The lowest BCUT2D eigenvalue weighted by molar-refractivity contribution is -0.176. The molecule has 3 aliphatic carbocycles. The molecule has 0 fully saturated rings. The number of ether oxygens (including phenoxy) is 2. The summed E-state index contributed by atoms with van der Waals surface area (Å²) in [7, 11) is 0. The molecule has 0 spiro atoms. The number of carbonyl (C=O) groups excluding carboxylic acids is 2. The number of carboxylic acids is 1. The third-order valence-electron chi connectivity index (χ3n) is 7.42. The highest BCUT2D eigenvalue weighted by Crippen LogP contribution is 2.62. The van der Waals surface area contributed by atoms with Crippen molar-refractivity contribution < 1.29 is 29.0 Å². The minimum absolute atomic E-state index is 0.124. The van der Waals surface area contributed by atoms with Crippen molar-refractivity contribution in [3.63, 3.8) is 0 Å². The van der Waals surface area contributed by atoms with Crippen molar-refractivity contribution >= 4 is 35.1 Å². The Bertz CT molecular complexity index is 1470. The molecule has 39 heavy (non-hydrogen) atoms. The number of para-hydroxylation sites is 1. The van der Waals surface area contributed by atoms with Gasteiger partial charge in [-0.2, -0.15) is 0 Å². The Morgan fingerprint density at radius 2 is 1.69 bits per heavy atom. The van der Waals surface area contributed by atoms with E-state index in [-0.39, 0.29) is 12.2 Å². The smallest absolute Gasteiger partial charge is 0.333 e. The van der Waals surface area contributed by atoms with Crippen molar-refractivity contribution in [2.45, 2.75) is 31.5 Å². The number of halogens is 1. The van der Waals surface area contributed by atoms with Crippen LogP contribution in [0.15, 0.2) is 84.9 Å². The van der Waals surface area contributed by atoms with E-state index >= 15 is 0 Å². The molecule has 8 heteroatoms. The van der Waals surface area contributed by atoms with Gasteiger partial charge in [-0.05, 0) is 60.4 Å². The number of esters is 1. The molecule has 0 aliphatic heterocycles. The first-order valence-corrected chi connectivity index (χ1v) is 13.0. The standard InChI is InChI=1S/C31H28ClNO6/c1-17(2)30(37)39-18(3)16-38-31-23-12-8-7-11-21(23)25(22-14-13-19(32)15-24(22)31)26(27(31)29(35)36)28(34)33-20-9-5-4-6-10-20/h4-15,18,25-27H,1,16H2,2-3H3,(H,33,34)(H,35,36). The fourth-order valence-corrected chi connectivity index (χ4v) is 6.07. The third kappa shape index (κ3) is 4.51. The Hall–Kier alpha value is -3.94. The van der Waals surface area contributed by atoms with Gasteiger partial charge in [-0.15, -0.1) is 0 Å². The number of aliphatic carboxylic acids is 1. The molecular weight excluding hydrogens is 518 g/mol. The number of rotatable bonds is 8. The lowest BCUT2D eigenvalue weighted by Gasteiger charge is -2.55. The summed E-state index contributed by atoms with van der Waals surface area (Å²) in [6.07, 6.45) is -0.718. The molecule has 0 saturated heterocycles. The summed E-state index contributed by atoms with van der Waals surface area (Å²) in [5.41, 5.74) is 2.06. The maximum Gasteiger partial charge on any atom is 0.333 e. The average molecular weight is 546 g/mol. The number of nitrogens with one attached hydrogen (secondary N) is 1. The zero-order valence-corrected chi connectivity index (χ0v) is 22.3. The topological polar surface area (TPSA) is 102 Å². The van der Waals surface area contributed by atoms with E-state index in [4.69, 9.17) is 21.1 Å². The summed E-state index contributed by atoms with van der Waals surface area (Å²) in [6.45, 7) is 6.69. The second-order valence-electron chi connectivity index (χ2n) is 10.0. The predicted molar refractivity (Wildman–Crippen MR) is 147 cm³/mol. The highest BCUT2D eigenvalue weighted by atomic mass is 35.5. The number of anilines is 1. The lowest BCUT2D eigenvalue weighted by Crippen LogP contribution is -2.59. The number of carboxylic acid groups (broad SMARTS) is 1. The summed E-state index contributed by atoms with van der Waals surface area (Å²) in [5.74, 6) is -5.02. The predicted octanol–water partition coefficient (Wildman–Crippen LogP) is 5.52. The largest absolute Gasteiger partial charge is 0.481 e. The molecule has 7 nitrogen and oxygen atoms in total. The Kier molecular flexibility index (Phi) is 7.05. The maximum atomic E-state index is 13.9. The van der Waals surface area contributed by atoms with Crippen molar-refractivity contribution in [3.05, 3.63) is 112 Å². The monoisotopic (exact) mass is 545 g/mol. The van der Waals surface area contributed by atoms with Crippen molar-refractivity contribution in [2.24, 2.45) is 11.8 Å². The summed E-state index contributed by atoms with van der Waals surface area (Å²) >= 11 is 6.44. The molecule has 0 aromatic heterocycles. The van der Waals surface area contributed by atoms with Crippen molar-refractivity contribution in [3.8, 4) is 0 Å². The minimum atomic E-state index is -1.57. The summed E-state index contributed by atoms with van der Waals surface area (Å²) in [6, 6.07) is 21.6. The summed E-state index contributed by atoms with van der Waals surface area (Å²) in [4.78, 5) is 39.2. The zero-order chi connectivity index (χ0) is 27.9. The lowest BCUT2D eigenvalue weighted by atomic mass is 9.51. The molecule has 3 aliphatic rings. The van der Waals surface area contributed by atoms with E-state index in [1.54, 1.807) is 50.2 Å². The van der Waals surface area contributed by atoms with Crippen LogP contribution >= 0.6 is 11.6 Å². The van der Waals surface area contributed by atoms with Crippen LogP contribution in [0.5, 0.6) is 0 Å². The van der Waals surface area contributed by atoms with Gasteiger partial charge < -0.3 is 19.9 Å². The highest BCUT2D eigenvalue weighted by Gasteiger charge is 2.64. The van der Waals surface area contributed by atoms with Crippen LogP contribution in [0, 0.1) is 11.8 Å². The average Bonchev–Trinajstić information content (AvgIpc) is 2.91. The van der Waals surface area contributed by atoms with Gasteiger partial charge >= 0.3 is 11.9 Å². The van der Waals surface area contributed by atoms with E-state index in [1.807, 2.05) is 36.4 Å². The Morgan fingerprint density at radius 1 is 1.03 bits per heavy atom. The second kappa shape index (κ2) is 10.3. The molecule has 2 bridgehead atoms. The van der Waals surface area contributed by atoms with Crippen LogP contribution in [0.25, 0.3) is 0 Å². The van der Waals surface area contributed by atoms with Gasteiger partial charge in [0.1, 0.15) is 17.6 Å². The van der Waals surface area contributed by atoms with Gasteiger partial charge in [-0.1, -0.05) is 66.7 Å². The molecule has 0 radical (unpaired) electrons. The molecule has 1 amide bonds. The van der Waals surface area contributed by atoms with Crippen LogP contribution in [0.1, 0.15) is 42.0 Å². The maximum absolute atomic E-state index is 13.9. The van der Waals surface area contributed by atoms with Gasteiger partial charge in [0.2, 0.25) is 5.91 Å². The fourth-order valence-electron chi connectivity index (χ4n) is 5.90. The molecule has 6 rings (SSSR count). The number of hydrogen-bond donors (Lipinski definition) is 2. The molecule has 2 N–H and O–H groups in total. The summed E-state index contributed by atoms with van der Waals surface area (Å²) in [5, 5.41) is 14.1. The van der Waals surface area contributed by atoms with Crippen LogP contribution in [-0.4, -0.2) is 35.7 Å². The number of fused-ring (bicyclic) bond motifs is 1. The van der Waals surface area contributed by atoms with E-state index < -0.39 is 47.3 Å². The van der Waals surface area contributed by atoms with Gasteiger partial charge in [0.15, 0.2) is 0 Å². The van der Waals surface area contributed by atoms with Crippen molar-refractivity contribution in [1.29, 1.82) is 0 Å². The van der Waals surface area contributed by atoms with Crippen LogP contribution in [-0.2, 0) is 29.5 Å². The zero-order valence-electron chi connectivity index (χ0n) is 21.5. The van der Waals surface area contributed by atoms with Crippen LogP contribution in [0.3, 0.4) is 0 Å². The first-order chi connectivity index (χ1) is 18.6. The second-order valence-corrected chi connectivity index (χ2v) is 10.5. The Labute approximate surface area is 231 Å². The molecule has 0 saturated carbocycles. The van der Waals surface area contributed by atoms with Crippen LogP contribution in [0.2, 0.25) is 5.02 Å². The molecule has 200 valence electrons. The van der Waals surface area contributed by atoms with Crippen LogP contribution < -0.4 is 5.32 Å². The molecule has 0 heterocycles. The molecule has 5 unspecified atom stereocenters. The fraction of sp³-hybridized carbons (Fsp3) is 0.258. The quantitative estimate of drug-likeness (QED) is 0.285. The van der Waals surface area contributed by atoms with E-state index in [9.17, 15) is 19.5 Å². The van der Waals surface area contributed by atoms with Crippen molar-refractivity contribution in [1.82, 2.24) is 0 Å². The highest BCUT2D eigenvalue weighted by molar-refractivity contribution is 6.30. The molecule has 3 aromatic rings. The normalized spacial score (nSPS) is 23.2. The molecular formula is C31H28ClNO6. The van der Waals surface area contributed by atoms with E-state index in [0.717, 1.165) is 11.1 Å². The SMILES string of the molecule is C=C(C)C(=O)OC(C)COC12c3ccccc3C(c3ccc(Cl)cc31)C(C(=O)Nc1ccccc1)C2C(=O)O. The van der Waals surface area contributed by atoms with E-state index in [2.05, 4.69) is 11.9 Å². The molecule has 3 aromatic carbocycles. The molecule has 5 atom stereocenters. The van der Waals surface area contributed by atoms with Gasteiger partial charge in [0.25, 0.3) is 0 Å². The van der Waals surface area contributed by atoms with Gasteiger partial charge in [0, 0.05) is 22.2 Å². The van der Waals surface area contributed by atoms with Gasteiger partial charge in [-0.3, -0.25) is 9.59 Å². The first kappa shape index (κ1) is 26.7. The Morgan fingerprint density at radius 3 is 2.38 bits per heavy atom. The first-order valence-electron chi connectivity index (χ1n) is 12.6. The van der Waals surface area contributed by atoms with E-state index in [1.165, 1.54) is 0 Å². The summed E-state index contributed by atoms with van der Waals surface area (Å²) < 4.78 is 12.0. The van der Waals surface area contributed by atoms with Crippen LogP contribution in [0.4, 0.5) is 5.69 Å².